The maximum atomic E-state index is 5.76. The van der Waals surface area contributed by atoms with Gasteiger partial charge in [-0.1, -0.05) is 0 Å². The van der Waals surface area contributed by atoms with Gasteiger partial charge in [-0.15, -0.1) is 0 Å². The van der Waals surface area contributed by atoms with Gasteiger partial charge >= 0.3 is 0 Å². The van der Waals surface area contributed by atoms with Gasteiger partial charge in [-0.05, 0) is 27.7 Å². The molecule has 1 unspecified atom stereocenters. The number of nitrogens with one attached hydrogen (secondary N) is 1. The van der Waals surface area contributed by atoms with Crippen molar-refractivity contribution in [3.05, 3.63) is 0 Å². The van der Waals surface area contributed by atoms with E-state index >= 15 is 0 Å². The fourth-order valence-corrected chi connectivity index (χ4v) is 1.94. The number of ether oxygens (including phenoxy) is 2. The van der Waals surface area contributed by atoms with E-state index in [1.807, 2.05) is 0 Å². The molecular formula is C13H28N2O2. The van der Waals surface area contributed by atoms with Crippen molar-refractivity contribution in [1.82, 2.24) is 10.2 Å². The summed E-state index contributed by atoms with van der Waals surface area (Å²) in [5.74, 6) is 0. The Morgan fingerprint density at radius 2 is 2.18 bits per heavy atom. The second-order valence-electron chi connectivity index (χ2n) is 5.68. The molecule has 1 aliphatic rings. The Balaban J connectivity index is 2.23. The Morgan fingerprint density at radius 1 is 1.47 bits per heavy atom. The van der Waals surface area contributed by atoms with E-state index in [9.17, 15) is 0 Å². The zero-order valence-corrected chi connectivity index (χ0v) is 12.0. The molecule has 1 heterocycles. The molecule has 1 N–H and O–H groups in total. The minimum Gasteiger partial charge on any atom is -0.377 e. The highest BCUT2D eigenvalue weighted by atomic mass is 16.5. The van der Waals surface area contributed by atoms with Crippen LogP contribution in [0.15, 0.2) is 0 Å². The third-order valence-electron chi connectivity index (χ3n) is 3.38. The zero-order valence-electron chi connectivity index (χ0n) is 12.0. The quantitative estimate of drug-likeness (QED) is 0.759. The molecule has 1 fully saturated rings. The normalized spacial score (nSPS) is 23.3. The fourth-order valence-electron chi connectivity index (χ4n) is 1.94. The van der Waals surface area contributed by atoms with Gasteiger partial charge in [0.2, 0.25) is 0 Å². The van der Waals surface area contributed by atoms with Gasteiger partial charge in [0, 0.05) is 39.3 Å². The van der Waals surface area contributed by atoms with Crippen LogP contribution >= 0.6 is 0 Å². The van der Waals surface area contributed by atoms with E-state index in [0.29, 0.717) is 12.1 Å². The van der Waals surface area contributed by atoms with Crippen molar-refractivity contribution in [2.75, 3.05) is 39.9 Å². The first kappa shape index (κ1) is 14.9. The molecule has 1 aliphatic heterocycles. The minimum atomic E-state index is -0.105. The molecule has 0 aromatic carbocycles. The average molecular weight is 244 g/mol. The predicted octanol–water partition coefficient (Wildman–Crippen LogP) is 1.11. The summed E-state index contributed by atoms with van der Waals surface area (Å²) in [4.78, 5) is 2.47. The Labute approximate surface area is 106 Å². The van der Waals surface area contributed by atoms with Gasteiger partial charge in [0.15, 0.2) is 0 Å². The van der Waals surface area contributed by atoms with Gasteiger partial charge in [0.05, 0.1) is 18.3 Å². The zero-order chi connectivity index (χ0) is 12.9. The first-order valence-electron chi connectivity index (χ1n) is 6.56. The lowest BCUT2D eigenvalue weighted by molar-refractivity contribution is -0.0408. The lowest BCUT2D eigenvalue weighted by Crippen LogP contribution is -2.50. The number of methoxy groups -OCH3 is 1. The minimum absolute atomic E-state index is 0.105. The maximum Gasteiger partial charge on any atom is 0.0826 e. The molecule has 0 amide bonds. The lowest BCUT2D eigenvalue weighted by atomic mass is 10.1. The van der Waals surface area contributed by atoms with Gasteiger partial charge < -0.3 is 14.8 Å². The highest BCUT2D eigenvalue weighted by Gasteiger charge is 2.23. The van der Waals surface area contributed by atoms with Gasteiger partial charge in [-0.3, -0.25) is 4.90 Å². The topological polar surface area (TPSA) is 33.7 Å². The standard InChI is InChI=1S/C13H28N2O2/c1-11(2)15-6-7-17-12(9-15)8-14-10-13(3,4)16-5/h11-12,14H,6-10H2,1-5H3. The van der Waals surface area contributed by atoms with E-state index < -0.39 is 0 Å². The third-order valence-corrected chi connectivity index (χ3v) is 3.38. The molecule has 0 spiro atoms. The Morgan fingerprint density at radius 3 is 2.76 bits per heavy atom. The van der Waals surface area contributed by atoms with Crippen molar-refractivity contribution in [3.63, 3.8) is 0 Å². The summed E-state index contributed by atoms with van der Waals surface area (Å²) in [5, 5.41) is 3.43. The summed E-state index contributed by atoms with van der Waals surface area (Å²) in [7, 11) is 1.75. The first-order valence-corrected chi connectivity index (χ1v) is 6.56. The maximum absolute atomic E-state index is 5.76. The van der Waals surface area contributed by atoms with Crippen LogP contribution in [0.1, 0.15) is 27.7 Å². The largest absolute Gasteiger partial charge is 0.377 e. The molecule has 0 saturated carbocycles. The SMILES string of the molecule is COC(C)(C)CNCC1CN(C(C)C)CCO1. The van der Waals surface area contributed by atoms with E-state index in [-0.39, 0.29) is 5.60 Å². The summed E-state index contributed by atoms with van der Waals surface area (Å²) >= 11 is 0. The summed E-state index contributed by atoms with van der Waals surface area (Å²) < 4.78 is 11.1. The summed E-state index contributed by atoms with van der Waals surface area (Å²) in [6.07, 6.45) is 0.304. The van der Waals surface area contributed by atoms with Crippen LogP contribution in [0.25, 0.3) is 0 Å². The van der Waals surface area contributed by atoms with Crippen LogP contribution in [-0.2, 0) is 9.47 Å². The second kappa shape index (κ2) is 6.69. The Hall–Kier alpha value is -0.160. The molecule has 0 bridgehead atoms. The van der Waals surface area contributed by atoms with Crippen molar-refractivity contribution in [3.8, 4) is 0 Å². The van der Waals surface area contributed by atoms with E-state index in [0.717, 1.165) is 32.8 Å². The molecule has 0 radical (unpaired) electrons. The van der Waals surface area contributed by atoms with Crippen molar-refractivity contribution >= 4 is 0 Å². The lowest BCUT2D eigenvalue weighted by Gasteiger charge is -2.36. The number of hydrogen-bond acceptors (Lipinski definition) is 4. The number of morpholine rings is 1. The second-order valence-corrected chi connectivity index (χ2v) is 5.68. The van der Waals surface area contributed by atoms with Crippen LogP contribution < -0.4 is 5.32 Å². The van der Waals surface area contributed by atoms with Crippen molar-refractivity contribution in [1.29, 1.82) is 0 Å². The summed E-state index contributed by atoms with van der Waals surface area (Å²) in [6, 6.07) is 0.608. The highest BCUT2D eigenvalue weighted by molar-refractivity contribution is 4.78. The van der Waals surface area contributed by atoms with Crippen LogP contribution in [-0.4, -0.2) is 62.5 Å². The molecule has 1 saturated heterocycles. The van der Waals surface area contributed by atoms with Crippen molar-refractivity contribution in [2.45, 2.75) is 45.4 Å². The van der Waals surface area contributed by atoms with E-state index in [2.05, 4.69) is 37.9 Å². The van der Waals surface area contributed by atoms with Gasteiger partial charge in [-0.25, -0.2) is 0 Å². The van der Waals surface area contributed by atoms with E-state index in [4.69, 9.17) is 9.47 Å². The average Bonchev–Trinajstić information content (AvgIpc) is 2.29. The molecule has 1 atom stereocenters. The van der Waals surface area contributed by atoms with Crippen LogP contribution in [0.4, 0.5) is 0 Å². The molecule has 0 aromatic rings. The fraction of sp³-hybridized carbons (Fsp3) is 1.00. The van der Waals surface area contributed by atoms with Crippen LogP contribution in [0.3, 0.4) is 0 Å². The molecule has 0 aliphatic carbocycles. The van der Waals surface area contributed by atoms with Crippen LogP contribution in [0.5, 0.6) is 0 Å². The van der Waals surface area contributed by atoms with Crippen LogP contribution in [0, 0.1) is 0 Å². The Kier molecular flexibility index (Phi) is 5.86. The third kappa shape index (κ3) is 5.34. The Bertz CT molecular complexity index is 219. The predicted molar refractivity (Wildman–Crippen MR) is 70.4 cm³/mol. The molecule has 17 heavy (non-hydrogen) atoms. The van der Waals surface area contributed by atoms with Crippen molar-refractivity contribution < 1.29 is 9.47 Å². The molecule has 1 rings (SSSR count). The number of hydrogen-bond donors (Lipinski definition) is 1. The molecule has 102 valence electrons. The first-order chi connectivity index (χ1) is 7.94. The smallest absolute Gasteiger partial charge is 0.0826 e. The monoisotopic (exact) mass is 244 g/mol. The molecular weight excluding hydrogens is 216 g/mol. The molecule has 4 nitrogen and oxygen atoms in total. The summed E-state index contributed by atoms with van der Waals surface area (Å²) in [6.45, 7) is 13.3. The summed E-state index contributed by atoms with van der Waals surface area (Å²) in [5.41, 5.74) is -0.105. The molecule has 0 aromatic heterocycles. The van der Waals surface area contributed by atoms with Crippen molar-refractivity contribution in [2.24, 2.45) is 0 Å². The van der Waals surface area contributed by atoms with Gasteiger partial charge in [-0.2, -0.15) is 0 Å². The van der Waals surface area contributed by atoms with Gasteiger partial charge in [0.1, 0.15) is 0 Å². The molecule has 4 heteroatoms. The van der Waals surface area contributed by atoms with E-state index in [1.54, 1.807) is 7.11 Å². The number of rotatable bonds is 6. The van der Waals surface area contributed by atoms with Gasteiger partial charge in [0.25, 0.3) is 0 Å². The highest BCUT2D eigenvalue weighted by Crippen LogP contribution is 2.09. The van der Waals surface area contributed by atoms with E-state index in [1.165, 1.54) is 0 Å². The van der Waals surface area contributed by atoms with Crippen LogP contribution in [0.2, 0.25) is 0 Å². The number of nitrogens with zero attached hydrogens (tertiary/aromatic N) is 1.